The molecule has 22 heavy (non-hydrogen) atoms. The fraction of sp³-hybridized carbons (Fsp3) is 0.571. The van der Waals surface area contributed by atoms with Gasteiger partial charge < -0.3 is 19.3 Å². The first-order chi connectivity index (χ1) is 10.6. The van der Waals surface area contributed by atoms with E-state index in [9.17, 15) is 9.18 Å². The first-order valence-electron chi connectivity index (χ1n) is 7.19. The van der Waals surface area contributed by atoms with Crippen LogP contribution >= 0.6 is 11.6 Å². The number of hydrogen-bond acceptors (Lipinski definition) is 5. The number of halogens is 2. The van der Waals surface area contributed by atoms with Gasteiger partial charge in [-0.15, -0.1) is 0 Å². The van der Waals surface area contributed by atoms with E-state index in [0.29, 0.717) is 39.5 Å². The standard InChI is InChI=1S/C14H17ClFN3O3/c15-10-7-11(16)13(17-8-10)19-3-6-22-12(9-19)14(20)18-1-4-21-5-2-18/h7-8,12H,1-6,9H2. The van der Waals surface area contributed by atoms with Gasteiger partial charge in [-0.2, -0.15) is 0 Å². The Bertz CT molecular complexity index is 554. The molecule has 0 aromatic carbocycles. The Morgan fingerprint density at radius 3 is 2.82 bits per heavy atom. The second kappa shape index (κ2) is 6.76. The molecule has 3 rings (SSSR count). The maximum Gasteiger partial charge on any atom is 0.253 e. The van der Waals surface area contributed by atoms with Gasteiger partial charge in [0, 0.05) is 25.8 Å². The van der Waals surface area contributed by atoms with E-state index in [0.717, 1.165) is 0 Å². The number of anilines is 1. The Morgan fingerprint density at radius 2 is 2.09 bits per heavy atom. The van der Waals surface area contributed by atoms with E-state index >= 15 is 0 Å². The Hall–Kier alpha value is -1.44. The zero-order valence-electron chi connectivity index (χ0n) is 12.0. The molecule has 2 aliphatic rings. The lowest BCUT2D eigenvalue weighted by atomic mass is 10.2. The average Bonchev–Trinajstić information content (AvgIpc) is 2.55. The van der Waals surface area contributed by atoms with Crippen molar-refractivity contribution in [3.05, 3.63) is 23.1 Å². The lowest BCUT2D eigenvalue weighted by molar-refractivity contribution is -0.148. The molecule has 2 saturated heterocycles. The Morgan fingerprint density at radius 1 is 1.32 bits per heavy atom. The van der Waals surface area contributed by atoms with Crippen molar-refractivity contribution < 1.29 is 18.7 Å². The molecule has 1 atom stereocenters. The van der Waals surface area contributed by atoms with Gasteiger partial charge in [0.15, 0.2) is 17.7 Å². The predicted molar refractivity (Wildman–Crippen MR) is 78.6 cm³/mol. The predicted octanol–water partition coefficient (Wildman–Crippen LogP) is 0.938. The largest absolute Gasteiger partial charge is 0.378 e. The second-order valence-corrected chi connectivity index (χ2v) is 5.64. The fourth-order valence-corrected chi connectivity index (χ4v) is 2.76. The molecule has 1 aromatic rings. The summed E-state index contributed by atoms with van der Waals surface area (Å²) in [6.07, 6.45) is 0.789. The van der Waals surface area contributed by atoms with E-state index in [4.69, 9.17) is 21.1 Å². The average molecular weight is 330 g/mol. The van der Waals surface area contributed by atoms with Crippen molar-refractivity contribution in [2.75, 3.05) is 50.9 Å². The highest BCUT2D eigenvalue weighted by Crippen LogP contribution is 2.22. The summed E-state index contributed by atoms with van der Waals surface area (Å²) in [6, 6.07) is 1.22. The Balaban J connectivity index is 1.69. The maximum absolute atomic E-state index is 14.0. The minimum Gasteiger partial charge on any atom is -0.378 e. The van der Waals surface area contributed by atoms with Crippen molar-refractivity contribution in [1.82, 2.24) is 9.88 Å². The van der Waals surface area contributed by atoms with Gasteiger partial charge in [-0.3, -0.25) is 4.79 Å². The van der Waals surface area contributed by atoms with Crippen molar-refractivity contribution >= 4 is 23.3 Å². The number of nitrogens with zero attached hydrogens (tertiary/aromatic N) is 3. The summed E-state index contributed by atoms with van der Waals surface area (Å²) in [6.45, 7) is 3.31. The maximum atomic E-state index is 14.0. The van der Waals surface area contributed by atoms with Crippen LogP contribution in [0.2, 0.25) is 5.02 Å². The van der Waals surface area contributed by atoms with Crippen molar-refractivity contribution in [1.29, 1.82) is 0 Å². The molecule has 8 heteroatoms. The molecular formula is C14H17ClFN3O3. The summed E-state index contributed by atoms with van der Waals surface area (Å²) in [4.78, 5) is 19.9. The van der Waals surface area contributed by atoms with E-state index in [1.165, 1.54) is 12.3 Å². The SMILES string of the molecule is O=C(C1CN(c2ncc(Cl)cc2F)CCO1)N1CCOCC1. The first kappa shape index (κ1) is 15.5. The highest BCUT2D eigenvalue weighted by atomic mass is 35.5. The van der Waals surface area contributed by atoms with Gasteiger partial charge >= 0.3 is 0 Å². The number of pyridine rings is 1. The summed E-state index contributed by atoms with van der Waals surface area (Å²) >= 11 is 5.72. The summed E-state index contributed by atoms with van der Waals surface area (Å²) in [5, 5.41) is 0.246. The van der Waals surface area contributed by atoms with Crippen LogP contribution < -0.4 is 4.90 Å². The van der Waals surface area contributed by atoms with Gasteiger partial charge in [0.1, 0.15) is 0 Å². The first-order valence-corrected chi connectivity index (χ1v) is 7.57. The number of carbonyl (C=O) groups is 1. The van der Waals surface area contributed by atoms with E-state index in [1.54, 1.807) is 9.80 Å². The van der Waals surface area contributed by atoms with Crippen LogP contribution in [0.4, 0.5) is 10.2 Å². The molecule has 2 fully saturated rings. The second-order valence-electron chi connectivity index (χ2n) is 5.20. The van der Waals surface area contributed by atoms with Gasteiger partial charge in [0.25, 0.3) is 5.91 Å². The number of carbonyl (C=O) groups excluding carboxylic acids is 1. The number of aromatic nitrogens is 1. The summed E-state index contributed by atoms with van der Waals surface area (Å²) < 4.78 is 24.8. The topological polar surface area (TPSA) is 54.9 Å². The molecule has 6 nitrogen and oxygen atoms in total. The van der Waals surface area contributed by atoms with Gasteiger partial charge in [0.2, 0.25) is 0 Å². The lowest BCUT2D eigenvalue weighted by Gasteiger charge is -2.36. The molecule has 0 aliphatic carbocycles. The molecule has 0 bridgehead atoms. The van der Waals surface area contributed by atoms with Crippen molar-refractivity contribution in [3.8, 4) is 0 Å². The number of amides is 1. The van der Waals surface area contributed by atoms with Crippen LogP contribution in [-0.4, -0.2) is 67.9 Å². The fourth-order valence-electron chi connectivity index (χ4n) is 2.62. The van der Waals surface area contributed by atoms with Crippen LogP contribution in [-0.2, 0) is 14.3 Å². The van der Waals surface area contributed by atoms with Crippen LogP contribution in [0.25, 0.3) is 0 Å². The number of morpholine rings is 2. The molecule has 0 radical (unpaired) electrons. The van der Waals surface area contributed by atoms with Crippen LogP contribution in [0.3, 0.4) is 0 Å². The van der Waals surface area contributed by atoms with Crippen molar-refractivity contribution in [3.63, 3.8) is 0 Å². The van der Waals surface area contributed by atoms with Gasteiger partial charge in [-0.05, 0) is 6.07 Å². The zero-order chi connectivity index (χ0) is 15.5. The molecule has 3 heterocycles. The van der Waals surface area contributed by atoms with E-state index in [1.807, 2.05) is 0 Å². The third-order valence-corrected chi connectivity index (χ3v) is 3.96. The van der Waals surface area contributed by atoms with Crippen LogP contribution in [0, 0.1) is 5.82 Å². The minimum atomic E-state index is -0.608. The van der Waals surface area contributed by atoms with Gasteiger partial charge in [0.05, 0.1) is 31.4 Å². The number of rotatable bonds is 2. The third-order valence-electron chi connectivity index (χ3n) is 3.75. The van der Waals surface area contributed by atoms with E-state index in [2.05, 4.69) is 4.98 Å². The number of hydrogen-bond donors (Lipinski definition) is 0. The molecular weight excluding hydrogens is 313 g/mol. The molecule has 0 N–H and O–H groups in total. The molecule has 1 aromatic heterocycles. The van der Waals surface area contributed by atoms with Gasteiger partial charge in [-0.25, -0.2) is 9.37 Å². The van der Waals surface area contributed by atoms with Crippen LogP contribution in [0.15, 0.2) is 12.3 Å². The molecule has 0 saturated carbocycles. The zero-order valence-corrected chi connectivity index (χ0v) is 12.8. The smallest absolute Gasteiger partial charge is 0.253 e. The molecule has 1 amide bonds. The highest BCUT2D eigenvalue weighted by molar-refractivity contribution is 6.30. The third kappa shape index (κ3) is 3.31. The molecule has 2 aliphatic heterocycles. The van der Waals surface area contributed by atoms with Crippen molar-refractivity contribution in [2.45, 2.75) is 6.10 Å². The lowest BCUT2D eigenvalue weighted by Crippen LogP contribution is -2.53. The Kier molecular flexibility index (Phi) is 4.75. The summed E-state index contributed by atoms with van der Waals surface area (Å²) in [5.74, 6) is -0.373. The highest BCUT2D eigenvalue weighted by Gasteiger charge is 2.32. The van der Waals surface area contributed by atoms with E-state index < -0.39 is 11.9 Å². The number of ether oxygens (including phenoxy) is 2. The van der Waals surface area contributed by atoms with Gasteiger partial charge in [-0.1, -0.05) is 11.6 Å². The minimum absolute atomic E-state index is 0.0811. The molecule has 0 spiro atoms. The normalized spacial score (nSPS) is 22.7. The molecule has 1 unspecified atom stereocenters. The monoisotopic (exact) mass is 329 g/mol. The molecule has 120 valence electrons. The quantitative estimate of drug-likeness (QED) is 0.808. The summed E-state index contributed by atoms with van der Waals surface area (Å²) in [5.41, 5.74) is 0. The Labute approximate surface area is 132 Å². The van der Waals surface area contributed by atoms with E-state index in [-0.39, 0.29) is 23.3 Å². The van der Waals surface area contributed by atoms with Crippen LogP contribution in [0.5, 0.6) is 0 Å². The van der Waals surface area contributed by atoms with Crippen LogP contribution in [0.1, 0.15) is 0 Å². The summed E-state index contributed by atoms with van der Waals surface area (Å²) in [7, 11) is 0. The van der Waals surface area contributed by atoms with Crippen molar-refractivity contribution in [2.24, 2.45) is 0 Å².